The topological polar surface area (TPSA) is 68.5 Å². The Morgan fingerprint density at radius 3 is 2.93 bits per heavy atom. The van der Waals surface area contributed by atoms with Crippen LogP contribution in [0.15, 0.2) is 22.8 Å². The second kappa shape index (κ2) is 3.17. The molecule has 2 heterocycles. The lowest BCUT2D eigenvalue weighted by Crippen LogP contribution is -2.57. The van der Waals surface area contributed by atoms with E-state index in [0.29, 0.717) is 5.76 Å². The first-order valence-electron chi connectivity index (χ1n) is 4.19. The highest BCUT2D eigenvalue weighted by Crippen LogP contribution is 2.27. The van der Waals surface area contributed by atoms with Crippen LogP contribution < -0.4 is 5.32 Å². The Labute approximate surface area is 80.0 Å². The van der Waals surface area contributed by atoms with Crippen molar-refractivity contribution < 1.29 is 18.7 Å². The van der Waals surface area contributed by atoms with E-state index >= 15 is 0 Å². The number of carbonyl (C=O) groups excluding carboxylic acids is 2. The van der Waals surface area contributed by atoms with Crippen molar-refractivity contribution in [2.45, 2.75) is 19.1 Å². The summed E-state index contributed by atoms with van der Waals surface area (Å²) in [5, 5.41) is 2.59. The number of hydrogen-bond donors (Lipinski definition) is 1. The highest BCUT2D eigenvalue weighted by atomic mass is 16.6. The summed E-state index contributed by atoms with van der Waals surface area (Å²) in [6, 6.07) is 3.09. The quantitative estimate of drug-likeness (QED) is 0.547. The van der Waals surface area contributed by atoms with Gasteiger partial charge in [0, 0.05) is 6.92 Å². The SMILES string of the molecule is CC(=O)OC1C(=O)N[C@H]1c1ccco1. The van der Waals surface area contributed by atoms with Gasteiger partial charge < -0.3 is 14.5 Å². The number of carbonyl (C=O) groups is 2. The fourth-order valence-electron chi connectivity index (χ4n) is 1.36. The molecule has 14 heavy (non-hydrogen) atoms. The van der Waals surface area contributed by atoms with Gasteiger partial charge in [-0.3, -0.25) is 9.59 Å². The summed E-state index contributed by atoms with van der Waals surface area (Å²) in [7, 11) is 0. The number of furan rings is 1. The van der Waals surface area contributed by atoms with Gasteiger partial charge in [0.15, 0.2) is 0 Å². The molecule has 1 aliphatic heterocycles. The lowest BCUT2D eigenvalue weighted by atomic mass is 10.00. The Kier molecular flexibility index (Phi) is 1.99. The van der Waals surface area contributed by atoms with Crippen LogP contribution in [0.1, 0.15) is 18.7 Å². The number of esters is 1. The molecule has 1 aromatic rings. The Bertz CT molecular complexity index is 357. The molecule has 1 aromatic heterocycles. The summed E-state index contributed by atoms with van der Waals surface area (Å²) in [5.41, 5.74) is 0. The van der Waals surface area contributed by atoms with E-state index in [4.69, 9.17) is 9.15 Å². The molecule has 0 radical (unpaired) electrons. The molecule has 0 aliphatic carbocycles. The summed E-state index contributed by atoms with van der Waals surface area (Å²) in [4.78, 5) is 21.7. The molecule has 1 aliphatic rings. The Morgan fingerprint density at radius 2 is 2.43 bits per heavy atom. The van der Waals surface area contributed by atoms with Gasteiger partial charge in [-0.15, -0.1) is 0 Å². The van der Waals surface area contributed by atoms with Crippen molar-refractivity contribution in [2.24, 2.45) is 0 Å². The predicted octanol–water partition coefficient (Wildman–Crippen LogP) is 0.382. The number of rotatable bonds is 2. The minimum atomic E-state index is -0.751. The van der Waals surface area contributed by atoms with Gasteiger partial charge in [-0.2, -0.15) is 0 Å². The standard InChI is InChI=1S/C9H9NO4/c1-5(11)14-8-7(10-9(8)12)6-3-2-4-13-6/h2-4,7-8H,1H3,(H,10,12)/t7-,8?/m0/s1. The third-order valence-corrected chi connectivity index (χ3v) is 2.00. The smallest absolute Gasteiger partial charge is 0.303 e. The van der Waals surface area contributed by atoms with Crippen molar-refractivity contribution in [2.75, 3.05) is 0 Å². The van der Waals surface area contributed by atoms with Crippen molar-refractivity contribution in [3.8, 4) is 0 Å². The van der Waals surface area contributed by atoms with E-state index in [1.165, 1.54) is 13.2 Å². The fraction of sp³-hybridized carbons (Fsp3) is 0.333. The van der Waals surface area contributed by atoms with Crippen molar-refractivity contribution in [3.63, 3.8) is 0 Å². The Hall–Kier alpha value is -1.78. The molecule has 1 unspecified atom stereocenters. The first-order valence-corrected chi connectivity index (χ1v) is 4.19. The molecule has 74 valence electrons. The number of β-lactam (4-membered cyclic amide) rings is 1. The molecule has 1 amide bonds. The second-order valence-electron chi connectivity index (χ2n) is 3.03. The zero-order valence-corrected chi connectivity index (χ0v) is 7.52. The Morgan fingerprint density at radius 1 is 1.64 bits per heavy atom. The summed E-state index contributed by atoms with van der Waals surface area (Å²) in [5.74, 6) is -0.168. The number of amides is 1. The van der Waals surface area contributed by atoms with E-state index < -0.39 is 12.1 Å². The van der Waals surface area contributed by atoms with Crippen LogP contribution in [0.2, 0.25) is 0 Å². The minimum absolute atomic E-state index is 0.290. The molecule has 1 fully saturated rings. The van der Waals surface area contributed by atoms with E-state index in [0.717, 1.165) is 0 Å². The number of nitrogens with one attached hydrogen (secondary N) is 1. The van der Waals surface area contributed by atoms with Crippen LogP contribution >= 0.6 is 0 Å². The van der Waals surface area contributed by atoms with E-state index in [2.05, 4.69) is 5.32 Å². The first kappa shape index (κ1) is 8.80. The average molecular weight is 195 g/mol. The van der Waals surface area contributed by atoms with Crippen LogP contribution in [0, 0.1) is 0 Å². The third kappa shape index (κ3) is 1.37. The normalized spacial score (nSPS) is 25.1. The summed E-state index contributed by atoms with van der Waals surface area (Å²) >= 11 is 0. The highest BCUT2D eigenvalue weighted by Gasteiger charge is 2.44. The van der Waals surface area contributed by atoms with Gasteiger partial charge in [0.1, 0.15) is 11.8 Å². The molecule has 0 saturated carbocycles. The monoisotopic (exact) mass is 195 g/mol. The molecule has 0 spiro atoms. The van der Waals surface area contributed by atoms with E-state index in [-0.39, 0.29) is 11.9 Å². The van der Waals surface area contributed by atoms with Crippen LogP contribution in [-0.4, -0.2) is 18.0 Å². The van der Waals surface area contributed by atoms with Crippen LogP contribution in [0.25, 0.3) is 0 Å². The third-order valence-electron chi connectivity index (χ3n) is 2.00. The molecule has 2 atom stereocenters. The van der Waals surface area contributed by atoms with Gasteiger partial charge in [0.2, 0.25) is 6.10 Å². The van der Waals surface area contributed by atoms with Gasteiger partial charge in [0.05, 0.1) is 6.26 Å². The first-order chi connectivity index (χ1) is 6.68. The van der Waals surface area contributed by atoms with E-state index in [1.807, 2.05) is 0 Å². The molecular weight excluding hydrogens is 186 g/mol. The van der Waals surface area contributed by atoms with Crippen LogP contribution in [0.5, 0.6) is 0 Å². The van der Waals surface area contributed by atoms with Gasteiger partial charge in [-0.25, -0.2) is 0 Å². The Balaban J connectivity index is 2.08. The molecule has 0 aromatic carbocycles. The average Bonchev–Trinajstić information content (AvgIpc) is 2.62. The molecule has 5 heteroatoms. The van der Waals surface area contributed by atoms with Crippen LogP contribution in [-0.2, 0) is 14.3 Å². The van der Waals surface area contributed by atoms with Crippen molar-refractivity contribution in [3.05, 3.63) is 24.2 Å². The van der Waals surface area contributed by atoms with Crippen molar-refractivity contribution in [1.82, 2.24) is 5.32 Å². The molecule has 0 bridgehead atoms. The maximum absolute atomic E-state index is 11.0. The number of ether oxygens (including phenoxy) is 1. The van der Waals surface area contributed by atoms with Crippen molar-refractivity contribution in [1.29, 1.82) is 0 Å². The zero-order chi connectivity index (χ0) is 10.1. The van der Waals surface area contributed by atoms with E-state index in [9.17, 15) is 9.59 Å². The highest BCUT2D eigenvalue weighted by molar-refractivity contribution is 5.90. The van der Waals surface area contributed by atoms with Gasteiger partial charge in [-0.1, -0.05) is 0 Å². The molecular formula is C9H9NO4. The van der Waals surface area contributed by atoms with Crippen molar-refractivity contribution >= 4 is 11.9 Å². The maximum Gasteiger partial charge on any atom is 0.303 e. The van der Waals surface area contributed by atoms with E-state index in [1.54, 1.807) is 12.1 Å². The summed E-state index contributed by atoms with van der Waals surface area (Å²) in [6.45, 7) is 1.27. The molecule has 5 nitrogen and oxygen atoms in total. The lowest BCUT2D eigenvalue weighted by Gasteiger charge is -2.33. The molecule has 1 N–H and O–H groups in total. The summed E-state index contributed by atoms with van der Waals surface area (Å²) in [6.07, 6.45) is 0.753. The second-order valence-corrected chi connectivity index (χ2v) is 3.03. The largest absolute Gasteiger partial charge is 0.467 e. The van der Waals surface area contributed by atoms with Crippen LogP contribution in [0.3, 0.4) is 0 Å². The van der Waals surface area contributed by atoms with Gasteiger partial charge in [-0.05, 0) is 12.1 Å². The number of hydrogen-bond acceptors (Lipinski definition) is 4. The summed E-state index contributed by atoms with van der Waals surface area (Å²) < 4.78 is 9.92. The predicted molar refractivity (Wildman–Crippen MR) is 45.1 cm³/mol. The van der Waals surface area contributed by atoms with Gasteiger partial charge >= 0.3 is 5.97 Å². The van der Waals surface area contributed by atoms with Crippen LogP contribution in [0.4, 0.5) is 0 Å². The van der Waals surface area contributed by atoms with Gasteiger partial charge in [0.25, 0.3) is 5.91 Å². The maximum atomic E-state index is 11.0. The fourth-order valence-corrected chi connectivity index (χ4v) is 1.36. The minimum Gasteiger partial charge on any atom is -0.467 e. The lowest BCUT2D eigenvalue weighted by molar-refractivity contribution is -0.165. The molecule has 1 saturated heterocycles. The molecule has 2 rings (SSSR count). The zero-order valence-electron chi connectivity index (χ0n) is 7.52.